The molecule has 2 aromatic rings. The number of carboxylic acid groups (broad SMARTS) is 1. The van der Waals surface area contributed by atoms with E-state index in [4.69, 9.17) is 35.7 Å². The molecular weight excluding hydrogens is 360 g/mol. The summed E-state index contributed by atoms with van der Waals surface area (Å²) in [5.74, 6) is 0.112. The zero-order valence-electron chi connectivity index (χ0n) is 14.0. The van der Waals surface area contributed by atoms with Crippen LogP contribution in [0.2, 0.25) is 5.02 Å². The fourth-order valence-corrected chi connectivity index (χ4v) is 2.80. The number of benzene rings is 2. The summed E-state index contributed by atoms with van der Waals surface area (Å²) in [5.41, 5.74) is 1.95. The largest absolute Gasteiger partial charge is 0.497 e. The van der Waals surface area contributed by atoms with E-state index in [2.05, 4.69) is 0 Å². The first-order valence-electron chi connectivity index (χ1n) is 7.83. The topological polar surface area (TPSA) is 74.2 Å². The first-order valence-corrected chi connectivity index (χ1v) is 8.21. The monoisotopic (exact) mass is 376 g/mol. The second-order valence-corrected chi connectivity index (χ2v) is 5.92. The first kappa shape index (κ1) is 17.9. The van der Waals surface area contributed by atoms with E-state index in [1.165, 1.54) is 12.5 Å². The van der Waals surface area contributed by atoms with Crippen molar-refractivity contribution >= 4 is 17.6 Å². The number of carbonyl (C=O) groups is 1. The molecule has 0 saturated carbocycles. The van der Waals surface area contributed by atoms with Gasteiger partial charge in [0.15, 0.2) is 0 Å². The SMILES string of the molecule is COc1ccc(COc2c(C3OC=CO3)ccc(CC(=O)O)c2Cl)cc1. The minimum absolute atomic E-state index is 0.206. The van der Waals surface area contributed by atoms with Crippen molar-refractivity contribution in [2.24, 2.45) is 0 Å². The van der Waals surface area contributed by atoms with Crippen molar-refractivity contribution in [3.63, 3.8) is 0 Å². The number of carboxylic acids is 1. The molecular formula is C19H17ClO6. The molecule has 0 bridgehead atoms. The van der Waals surface area contributed by atoms with Crippen LogP contribution >= 0.6 is 11.6 Å². The van der Waals surface area contributed by atoms with Crippen molar-refractivity contribution in [3.05, 3.63) is 70.6 Å². The Balaban J connectivity index is 1.86. The predicted molar refractivity (Wildman–Crippen MR) is 94.2 cm³/mol. The summed E-state index contributed by atoms with van der Waals surface area (Å²) in [6.45, 7) is 0.243. The second kappa shape index (κ2) is 8.01. The summed E-state index contributed by atoms with van der Waals surface area (Å²) in [6.07, 6.45) is 1.97. The van der Waals surface area contributed by atoms with Gasteiger partial charge >= 0.3 is 5.97 Å². The molecule has 0 fully saturated rings. The molecule has 1 aliphatic rings. The third-order valence-electron chi connectivity index (χ3n) is 3.81. The Kier molecular flexibility index (Phi) is 5.53. The lowest BCUT2D eigenvalue weighted by molar-refractivity contribution is -0.136. The molecule has 3 rings (SSSR count). The number of methoxy groups -OCH3 is 1. The van der Waals surface area contributed by atoms with E-state index >= 15 is 0 Å². The van der Waals surface area contributed by atoms with E-state index in [0.29, 0.717) is 16.9 Å². The van der Waals surface area contributed by atoms with Crippen LogP contribution in [0.5, 0.6) is 11.5 Å². The van der Waals surface area contributed by atoms with Crippen LogP contribution in [0, 0.1) is 0 Å². The van der Waals surface area contributed by atoms with Gasteiger partial charge in [0, 0.05) is 0 Å². The van der Waals surface area contributed by atoms with Crippen molar-refractivity contribution in [1.29, 1.82) is 0 Å². The molecule has 0 spiro atoms. The molecule has 0 aromatic heterocycles. The summed E-state index contributed by atoms with van der Waals surface area (Å²) in [5, 5.41) is 9.28. The molecule has 6 nitrogen and oxygen atoms in total. The zero-order chi connectivity index (χ0) is 18.5. The maximum Gasteiger partial charge on any atom is 0.307 e. The molecule has 7 heteroatoms. The maximum atomic E-state index is 11.0. The highest BCUT2D eigenvalue weighted by Crippen LogP contribution is 2.39. The first-order chi connectivity index (χ1) is 12.6. The quantitative estimate of drug-likeness (QED) is 0.785. The van der Waals surface area contributed by atoms with Gasteiger partial charge in [0.1, 0.15) is 30.6 Å². The van der Waals surface area contributed by atoms with Crippen molar-refractivity contribution < 1.29 is 28.8 Å². The van der Waals surface area contributed by atoms with E-state index in [-0.39, 0.29) is 18.1 Å². The highest BCUT2D eigenvalue weighted by Gasteiger charge is 2.24. The van der Waals surface area contributed by atoms with Crippen LogP contribution in [0.4, 0.5) is 0 Å². The van der Waals surface area contributed by atoms with Gasteiger partial charge in [-0.05, 0) is 29.3 Å². The van der Waals surface area contributed by atoms with Gasteiger partial charge in [-0.2, -0.15) is 0 Å². The van der Waals surface area contributed by atoms with Crippen molar-refractivity contribution in [1.82, 2.24) is 0 Å². The molecule has 26 heavy (non-hydrogen) atoms. The Morgan fingerprint density at radius 3 is 2.46 bits per heavy atom. The van der Waals surface area contributed by atoms with Crippen LogP contribution in [0.15, 0.2) is 48.9 Å². The van der Waals surface area contributed by atoms with Crippen molar-refractivity contribution in [3.8, 4) is 11.5 Å². The van der Waals surface area contributed by atoms with Crippen LogP contribution in [0.1, 0.15) is 23.0 Å². The third kappa shape index (κ3) is 4.03. The number of hydrogen-bond donors (Lipinski definition) is 1. The highest BCUT2D eigenvalue weighted by atomic mass is 35.5. The fraction of sp³-hybridized carbons (Fsp3) is 0.211. The molecule has 0 amide bonds. The number of halogens is 1. The molecule has 0 atom stereocenters. The van der Waals surface area contributed by atoms with E-state index in [0.717, 1.165) is 11.3 Å². The molecule has 0 radical (unpaired) electrons. The minimum atomic E-state index is -0.976. The van der Waals surface area contributed by atoms with Crippen LogP contribution in [0.3, 0.4) is 0 Å². The molecule has 1 aliphatic heterocycles. The lowest BCUT2D eigenvalue weighted by Crippen LogP contribution is -2.08. The number of aliphatic carboxylic acids is 1. The molecule has 0 saturated heterocycles. The van der Waals surface area contributed by atoms with Gasteiger partial charge in [-0.3, -0.25) is 4.79 Å². The molecule has 0 unspecified atom stereocenters. The molecule has 136 valence electrons. The Morgan fingerprint density at radius 2 is 1.85 bits per heavy atom. The lowest BCUT2D eigenvalue weighted by atomic mass is 10.1. The summed E-state index contributed by atoms with van der Waals surface area (Å²) in [4.78, 5) is 11.0. The Bertz CT molecular complexity index is 808. The van der Waals surface area contributed by atoms with Crippen LogP contribution in [-0.2, 0) is 27.3 Å². The number of rotatable bonds is 7. The van der Waals surface area contributed by atoms with E-state index in [1.54, 1.807) is 19.2 Å². The summed E-state index contributed by atoms with van der Waals surface area (Å²) in [6, 6.07) is 10.7. The molecule has 0 aliphatic carbocycles. The molecule has 1 heterocycles. The van der Waals surface area contributed by atoms with Crippen LogP contribution < -0.4 is 9.47 Å². The zero-order valence-corrected chi connectivity index (χ0v) is 14.7. The number of hydrogen-bond acceptors (Lipinski definition) is 5. The molecule has 1 N–H and O–H groups in total. The predicted octanol–water partition coefficient (Wildman–Crippen LogP) is 4.07. The maximum absolute atomic E-state index is 11.0. The van der Waals surface area contributed by atoms with E-state index in [1.807, 2.05) is 24.3 Å². The Labute approximate surface area is 155 Å². The minimum Gasteiger partial charge on any atom is -0.497 e. The average molecular weight is 377 g/mol. The average Bonchev–Trinajstić information content (AvgIpc) is 3.17. The summed E-state index contributed by atoms with van der Waals surface area (Å²) in [7, 11) is 1.60. The Hall–Kier alpha value is -2.86. The van der Waals surface area contributed by atoms with Gasteiger partial charge in [0.05, 0.1) is 24.1 Å². The van der Waals surface area contributed by atoms with Gasteiger partial charge in [-0.25, -0.2) is 0 Å². The van der Waals surface area contributed by atoms with Gasteiger partial charge < -0.3 is 24.1 Å². The summed E-state index contributed by atoms with van der Waals surface area (Å²) >= 11 is 6.41. The van der Waals surface area contributed by atoms with Crippen LogP contribution in [0.25, 0.3) is 0 Å². The fourth-order valence-electron chi connectivity index (χ4n) is 2.51. The smallest absolute Gasteiger partial charge is 0.307 e. The van der Waals surface area contributed by atoms with Crippen LogP contribution in [-0.4, -0.2) is 18.2 Å². The normalized spacial score (nSPS) is 13.2. The number of ether oxygens (including phenoxy) is 4. The van der Waals surface area contributed by atoms with E-state index in [9.17, 15) is 4.79 Å². The van der Waals surface area contributed by atoms with Crippen molar-refractivity contribution in [2.45, 2.75) is 19.3 Å². The second-order valence-electron chi connectivity index (χ2n) is 5.54. The highest BCUT2D eigenvalue weighted by molar-refractivity contribution is 6.33. The van der Waals surface area contributed by atoms with Crippen molar-refractivity contribution in [2.75, 3.05) is 7.11 Å². The summed E-state index contributed by atoms with van der Waals surface area (Å²) < 4.78 is 21.8. The van der Waals surface area contributed by atoms with Gasteiger partial charge in [0.2, 0.25) is 0 Å². The van der Waals surface area contributed by atoms with Gasteiger partial charge in [0.25, 0.3) is 6.29 Å². The Morgan fingerprint density at radius 1 is 1.15 bits per heavy atom. The molecule has 2 aromatic carbocycles. The standard InChI is InChI=1S/C19H17ClO6/c1-23-14-5-2-12(3-6-14)11-26-18-15(19-24-8-9-25-19)7-4-13(17(18)20)10-16(21)22/h2-9,19H,10-11H2,1H3,(H,21,22). The third-order valence-corrected chi connectivity index (χ3v) is 4.22. The van der Waals surface area contributed by atoms with Gasteiger partial charge in [-0.15, -0.1) is 0 Å². The lowest BCUT2D eigenvalue weighted by Gasteiger charge is -2.19. The van der Waals surface area contributed by atoms with E-state index < -0.39 is 12.3 Å². The van der Waals surface area contributed by atoms with Gasteiger partial charge in [-0.1, -0.05) is 29.8 Å².